The normalized spacial score (nSPS) is 9.88. The van der Waals surface area contributed by atoms with Crippen LogP contribution < -0.4 is 0 Å². The molecule has 16 heavy (non-hydrogen) atoms. The van der Waals surface area contributed by atoms with Gasteiger partial charge in [0.2, 0.25) is 11.9 Å². The van der Waals surface area contributed by atoms with E-state index >= 15 is 0 Å². The Hall–Kier alpha value is -2.26. The zero-order chi connectivity index (χ0) is 11.5. The SMILES string of the molecule is Cc1ccc(-c2nonc2N=C=O)c(C)c1. The van der Waals surface area contributed by atoms with Crippen molar-refractivity contribution in [2.24, 2.45) is 4.99 Å². The maximum absolute atomic E-state index is 10.2. The molecule has 0 atom stereocenters. The molecule has 0 aliphatic rings. The van der Waals surface area contributed by atoms with Gasteiger partial charge in [-0.3, -0.25) is 0 Å². The van der Waals surface area contributed by atoms with E-state index < -0.39 is 0 Å². The molecule has 1 aromatic heterocycles. The highest BCUT2D eigenvalue weighted by molar-refractivity contribution is 5.73. The summed E-state index contributed by atoms with van der Waals surface area (Å²) in [6.45, 7) is 3.95. The molecule has 0 aliphatic heterocycles. The number of nitrogens with zero attached hydrogens (tertiary/aromatic N) is 3. The van der Waals surface area contributed by atoms with Crippen LogP contribution in [0, 0.1) is 13.8 Å². The van der Waals surface area contributed by atoms with E-state index in [0.717, 1.165) is 16.7 Å². The van der Waals surface area contributed by atoms with E-state index in [0.29, 0.717) is 5.69 Å². The number of aryl methyl sites for hydroxylation is 2. The topological polar surface area (TPSA) is 68.3 Å². The van der Waals surface area contributed by atoms with Gasteiger partial charge >= 0.3 is 0 Å². The fraction of sp³-hybridized carbons (Fsp3) is 0.182. The van der Waals surface area contributed by atoms with Crippen molar-refractivity contribution >= 4 is 11.9 Å². The largest absolute Gasteiger partial charge is 0.242 e. The van der Waals surface area contributed by atoms with E-state index in [1.54, 1.807) is 0 Å². The van der Waals surface area contributed by atoms with Crippen LogP contribution in [0.25, 0.3) is 11.3 Å². The summed E-state index contributed by atoms with van der Waals surface area (Å²) in [6, 6.07) is 5.86. The number of hydrogen-bond donors (Lipinski definition) is 0. The molecule has 2 aromatic rings. The first-order valence-electron chi connectivity index (χ1n) is 4.70. The van der Waals surface area contributed by atoms with Crippen LogP contribution in [0.3, 0.4) is 0 Å². The van der Waals surface area contributed by atoms with Crippen molar-refractivity contribution in [1.29, 1.82) is 0 Å². The number of isocyanates is 1. The zero-order valence-corrected chi connectivity index (χ0v) is 8.89. The monoisotopic (exact) mass is 215 g/mol. The van der Waals surface area contributed by atoms with Gasteiger partial charge in [0, 0.05) is 5.56 Å². The van der Waals surface area contributed by atoms with E-state index in [1.165, 1.54) is 6.08 Å². The average Bonchev–Trinajstić information content (AvgIpc) is 2.67. The molecule has 5 nitrogen and oxygen atoms in total. The Balaban J connectivity index is 2.58. The van der Waals surface area contributed by atoms with Gasteiger partial charge in [0.05, 0.1) is 0 Å². The minimum absolute atomic E-state index is 0.155. The van der Waals surface area contributed by atoms with Crippen LogP contribution in [0.15, 0.2) is 27.8 Å². The Morgan fingerprint density at radius 2 is 2.12 bits per heavy atom. The molecule has 0 N–H and O–H groups in total. The summed E-state index contributed by atoms with van der Waals surface area (Å²) in [5.74, 6) is 0.155. The minimum atomic E-state index is 0.155. The quantitative estimate of drug-likeness (QED) is 0.569. The highest BCUT2D eigenvalue weighted by Crippen LogP contribution is 2.29. The second-order valence-corrected chi connectivity index (χ2v) is 3.46. The molecule has 0 unspecified atom stereocenters. The van der Waals surface area contributed by atoms with Crippen molar-refractivity contribution in [2.75, 3.05) is 0 Å². The van der Waals surface area contributed by atoms with Gasteiger partial charge in [0.15, 0.2) is 5.69 Å². The molecule has 0 saturated heterocycles. The van der Waals surface area contributed by atoms with Crippen LogP contribution in [0.2, 0.25) is 0 Å². The predicted molar refractivity (Wildman–Crippen MR) is 57.0 cm³/mol. The predicted octanol–water partition coefficient (Wildman–Crippen LogP) is 2.32. The van der Waals surface area contributed by atoms with Crippen molar-refractivity contribution in [3.05, 3.63) is 29.3 Å². The second-order valence-electron chi connectivity index (χ2n) is 3.46. The first kappa shape index (κ1) is 10.3. The average molecular weight is 215 g/mol. The van der Waals surface area contributed by atoms with Crippen molar-refractivity contribution in [1.82, 2.24) is 10.3 Å². The molecule has 0 spiro atoms. The van der Waals surface area contributed by atoms with Crippen LogP contribution in [0.4, 0.5) is 5.82 Å². The van der Waals surface area contributed by atoms with Crippen LogP contribution in [-0.4, -0.2) is 16.4 Å². The third kappa shape index (κ3) is 1.76. The summed E-state index contributed by atoms with van der Waals surface area (Å²) in [5, 5.41) is 7.27. The minimum Gasteiger partial charge on any atom is -0.242 e. The summed E-state index contributed by atoms with van der Waals surface area (Å²) in [4.78, 5) is 13.6. The van der Waals surface area contributed by atoms with Crippen molar-refractivity contribution in [3.8, 4) is 11.3 Å². The Labute approximate surface area is 91.8 Å². The van der Waals surface area contributed by atoms with Gasteiger partial charge in [-0.1, -0.05) is 23.8 Å². The molecule has 80 valence electrons. The number of aliphatic imine (C=N–C) groups is 1. The van der Waals surface area contributed by atoms with Crippen LogP contribution in [0.1, 0.15) is 11.1 Å². The van der Waals surface area contributed by atoms with E-state index in [-0.39, 0.29) is 5.82 Å². The van der Waals surface area contributed by atoms with Crippen LogP contribution in [-0.2, 0) is 4.79 Å². The molecule has 0 saturated carbocycles. The van der Waals surface area contributed by atoms with Gasteiger partial charge < -0.3 is 0 Å². The summed E-state index contributed by atoms with van der Waals surface area (Å²) in [6.07, 6.45) is 1.42. The maximum atomic E-state index is 10.2. The highest BCUT2D eigenvalue weighted by atomic mass is 16.6. The fourth-order valence-corrected chi connectivity index (χ4v) is 1.55. The van der Waals surface area contributed by atoms with Crippen LogP contribution in [0.5, 0.6) is 0 Å². The van der Waals surface area contributed by atoms with Crippen molar-refractivity contribution < 1.29 is 9.42 Å². The summed E-state index contributed by atoms with van der Waals surface area (Å²) >= 11 is 0. The Bertz CT molecular complexity index is 568. The highest BCUT2D eigenvalue weighted by Gasteiger charge is 2.13. The zero-order valence-electron chi connectivity index (χ0n) is 8.89. The lowest BCUT2D eigenvalue weighted by Crippen LogP contribution is -1.85. The standard InChI is InChI=1S/C11H9N3O2/c1-7-3-4-9(8(2)5-7)10-11(12-6-15)14-16-13-10/h3-5H,1-2H3. The fourth-order valence-electron chi connectivity index (χ4n) is 1.55. The molecule has 0 fully saturated rings. The molecule has 0 aliphatic carbocycles. The molecule has 1 heterocycles. The first-order valence-corrected chi connectivity index (χ1v) is 4.70. The van der Waals surface area contributed by atoms with Crippen LogP contribution >= 0.6 is 0 Å². The van der Waals surface area contributed by atoms with Crippen molar-refractivity contribution in [2.45, 2.75) is 13.8 Å². The molecule has 0 radical (unpaired) electrons. The molecular weight excluding hydrogens is 206 g/mol. The summed E-state index contributed by atoms with van der Waals surface area (Å²) < 4.78 is 4.57. The van der Waals surface area contributed by atoms with Gasteiger partial charge in [0.25, 0.3) is 0 Å². The summed E-state index contributed by atoms with van der Waals surface area (Å²) in [5.41, 5.74) is 3.48. The number of carbonyl (C=O) groups excluding carboxylic acids is 1. The third-order valence-electron chi connectivity index (χ3n) is 2.26. The molecule has 0 bridgehead atoms. The van der Waals surface area contributed by atoms with Crippen molar-refractivity contribution in [3.63, 3.8) is 0 Å². The lowest BCUT2D eigenvalue weighted by molar-refractivity contribution is 0.309. The Kier molecular flexibility index (Phi) is 2.62. The van der Waals surface area contributed by atoms with Gasteiger partial charge in [-0.05, 0) is 29.7 Å². The van der Waals surface area contributed by atoms with E-state index in [4.69, 9.17) is 0 Å². The number of rotatable bonds is 2. The summed E-state index contributed by atoms with van der Waals surface area (Å²) in [7, 11) is 0. The molecule has 0 amide bonds. The maximum Gasteiger partial charge on any atom is 0.242 e. The molecular formula is C11H9N3O2. The van der Waals surface area contributed by atoms with Gasteiger partial charge in [0.1, 0.15) is 0 Å². The van der Waals surface area contributed by atoms with E-state index in [9.17, 15) is 4.79 Å². The van der Waals surface area contributed by atoms with Gasteiger partial charge in [-0.15, -0.1) is 4.99 Å². The lowest BCUT2D eigenvalue weighted by atomic mass is 10.0. The number of aromatic nitrogens is 2. The van der Waals surface area contributed by atoms with Gasteiger partial charge in [-0.25, -0.2) is 9.42 Å². The Morgan fingerprint density at radius 3 is 2.81 bits per heavy atom. The molecule has 5 heteroatoms. The molecule has 2 rings (SSSR count). The number of benzene rings is 1. The first-order chi connectivity index (χ1) is 7.72. The smallest absolute Gasteiger partial charge is 0.242 e. The third-order valence-corrected chi connectivity index (χ3v) is 2.26. The van der Waals surface area contributed by atoms with E-state index in [1.807, 2.05) is 32.0 Å². The Morgan fingerprint density at radius 1 is 1.31 bits per heavy atom. The second kappa shape index (κ2) is 4.08. The molecule has 1 aromatic carbocycles. The number of hydrogen-bond acceptors (Lipinski definition) is 5. The lowest BCUT2D eigenvalue weighted by Gasteiger charge is -2.02. The van der Waals surface area contributed by atoms with E-state index in [2.05, 4.69) is 19.9 Å². The van der Waals surface area contributed by atoms with Gasteiger partial charge in [-0.2, -0.15) is 0 Å².